The third kappa shape index (κ3) is 4.30. The Hall–Kier alpha value is -4.25. The van der Waals surface area contributed by atoms with E-state index in [-0.39, 0.29) is 5.97 Å². The van der Waals surface area contributed by atoms with E-state index < -0.39 is 5.60 Å². The van der Waals surface area contributed by atoms with Gasteiger partial charge < -0.3 is 19.7 Å². The van der Waals surface area contributed by atoms with Gasteiger partial charge in [0.05, 0.1) is 5.56 Å². The molecule has 204 valence electrons. The lowest BCUT2D eigenvalue weighted by Crippen LogP contribution is -2.33. The van der Waals surface area contributed by atoms with E-state index in [4.69, 9.17) is 9.47 Å². The maximum atomic E-state index is 13.3. The van der Waals surface area contributed by atoms with Crippen LogP contribution >= 0.6 is 0 Å². The van der Waals surface area contributed by atoms with Crippen molar-refractivity contribution in [1.29, 1.82) is 0 Å². The highest BCUT2D eigenvalue weighted by Gasteiger charge is 2.53. The zero-order valence-electron chi connectivity index (χ0n) is 23.9. The molecule has 0 saturated carbocycles. The molecule has 1 N–H and O–H groups in total. The van der Waals surface area contributed by atoms with Gasteiger partial charge in [0.2, 0.25) is 0 Å². The van der Waals surface area contributed by atoms with Gasteiger partial charge in [-0.1, -0.05) is 49.7 Å². The molecule has 0 fully saturated rings. The van der Waals surface area contributed by atoms with Crippen molar-refractivity contribution >= 4 is 23.0 Å². The minimum Gasteiger partial charge on any atom is -0.456 e. The smallest absolute Gasteiger partial charge is 0.340 e. The summed E-state index contributed by atoms with van der Waals surface area (Å²) in [5, 5.41) is 3.57. The fourth-order valence-corrected chi connectivity index (χ4v) is 5.82. The molecule has 0 aliphatic carbocycles. The number of ether oxygens (including phenoxy) is 2. The largest absolute Gasteiger partial charge is 0.456 e. The number of hydrogen-bond acceptors (Lipinski definition) is 5. The molecule has 5 nitrogen and oxygen atoms in total. The molecule has 2 aliphatic heterocycles. The molecule has 0 radical (unpaired) electrons. The first-order valence-electron chi connectivity index (χ1n) is 14.2. The van der Waals surface area contributed by atoms with Gasteiger partial charge in [0.25, 0.3) is 0 Å². The number of rotatable bonds is 7. The van der Waals surface area contributed by atoms with Crippen molar-refractivity contribution in [3.8, 4) is 11.5 Å². The number of hydrogen-bond donors (Lipinski definition) is 1. The standard InChI is InChI=1S/C35H36N2O3/c1-6-37(18-17-22(2)3)26-15-16-29-33(20-26)39-32-19-24(5)31(36-25-13-11-23(4)12-14-25)21-30(32)35(29)28-10-8-7-9-27(28)34(38)40-35/h7-16,19-22,36H,6,17-18H2,1-5H3. The lowest BCUT2D eigenvalue weighted by atomic mass is 9.77. The van der Waals surface area contributed by atoms with Gasteiger partial charge in [0.15, 0.2) is 5.60 Å². The molecular weight excluding hydrogens is 496 g/mol. The van der Waals surface area contributed by atoms with E-state index in [0.29, 0.717) is 17.2 Å². The molecule has 0 bridgehead atoms. The summed E-state index contributed by atoms with van der Waals surface area (Å²) in [6.45, 7) is 12.7. The minimum atomic E-state index is -1.10. The second-order valence-corrected chi connectivity index (χ2v) is 11.3. The van der Waals surface area contributed by atoms with Crippen molar-refractivity contribution in [2.45, 2.75) is 46.6 Å². The third-order valence-electron chi connectivity index (χ3n) is 8.10. The van der Waals surface area contributed by atoms with Crippen LogP contribution < -0.4 is 15.0 Å². The van der Waals surface area contributed by atoms with Crippen molar-refractivity contribution in [2.75, 3.05) is 23.3 Å². The van der Waals surface area contributed by atoms with E-state index >= 15 is 0 Å². The molecule has 1 atom stereocenters. The van der Waals surface area contributed by atoms with E-state index in [1.807, 2.05) is 30.3 Å². The maximum Gasteiger partial charge on any atom is 0.340 e. The molecule has 2 heterocycles. The second-order valence-electron chi connectivity index (χ2n) is 11.3. The van der Waals surface area contributed by atoms with Crippen molar-refractivity contribution < 1.29 is 14.3 Å². The first-order chi connectivity index (χ1) is 19.3. The molecule has 1 unspecified atom stereocenters. The van der Waals surface area contributed by atoms with Crippen molar-refractivity contribution in [3.63, 3.8) is 0 Å². The molecular formula is C35H36N2O3. The molecule has 2 aliphatic rings. The lowest BCUT2D eigenvalue weighted by Gasteiger charge is -2.38. The fourth-order valence-electron chi connectivity index (χ4n) is 5.82. The average Bonchev–Trinajstić information content (AvgIpc) is 3.23. The number of carbonyl (C=O) groups is 1. The van der Waals surface area contributed by atoms with E-state index in [1.165, 1.54) is 5.56 Å². The highest BCUT2D eigenvalue weighted by Crippen LogP contribution is 2.57. The van der Waals surface area contributed by atoms with Gasteiger partial charge in [0, 0.05) is 52.9 Å². The molecule has 5 heteroatoms. The highest BCUT2D eigenvalue weighted by molar-refractivity contribution is 5.97. The average molecular weight is 533 g/mol. The number of fused-ring (bicyclic) bond motifs is 6. The van der Waals surface area contributed by atoms with Gasteiger partial charge in [-0.25, -0.2) is 4.79 Å². The zero-order chi connectivity index (χ0) is 28.0. The van der Waals surface area contributed by atoms with E-state index in [9.17, 15) is 4.79 Å². The third-order valence-corrected chi connectivity index (χ3v) is 8.10. The first-order valence-corrected chi connectivity index (χ1v) is 14.2. The molecule has 0 aromatic heterocycles. The highest BCUT2D eigenvalue weighted by atomic mass is 16.6. The maximum absolute atomic E-state index is 13.3. The van der Waals surface area contributed by atoms with Crippen LogP contribution in [0.15, 0.2) is 78.9 Å². The molecule has 1 spiro atoms. The number of anilines is 3. The predicted molar refractivity (Wildman–Crippen MR) is 161 cm³/mol. The van der Waals surface area contributed by atoms with Crippen LogP contribution in [0.1, 0.15) is 65.4 Å². The summed E-state index contributed by atoms with van der Waals surface area (Å²) in [5.41, 5.74) is 7.28. The quantitative estimate of drug-likeness (QED) is 0.242. The van der Waals surface area contributed by atoms with Crippen LogP contribution in [0.4, 0.5) is 17.1 Å². The van der Waals surface area contributed by atoms with Crippen molar-refractivity contribution in [1.82, 2.24) is 0 Å². The van der Waals surface area contributed by atoms with Crippen LogP contribution in [0.2, 0.25) is 0 Å². The Morgan fingerprint density at radius 2 is 1.62 bits per heavy atom. The SMILES string of the molecule is CCN(CCC(C)C)c1ccc2c(c1)Oc1cc(C)c(Nc3ccc(C)cc3)cc1C21OC(=O)c2ccccc21. The van der Waals surface area contributed by atoms with Gasteiger partial charge in [-0.15, -0.1) is 0 Å². The van der Waals surface area contributed by atoms with Crippen LogP contribution in [0.25, 0.3) is 0 Å². The molecule has 6 rings (SSSR count). The number of carbonyl (C=O) groups excluding carboxylic acids is 1. The summed E-state index contributed by atoms with van der Waals surface area (Å²) in [4.78, 5) is 15.7. The number of nitrogens with zero attached hydrogens (tertiary/aromatic N) is 1. The van der Waals surface area contributed by atoms with E-state index in [0.717, 1.165) is 64.6 Å². The van der Waals surface area contributed by atoms with Gasteiger partial charge in [-0.2, -0.15) is 0 Å². The number of esters is 1. The van der Waals surface area contributed by atoms with Gasteiger partial charge in [-0.05, 0) is 81.1 Å². The molecule has 40 heavy (non-hydrogen) atoms. The fraction of sp³-hybridized carbons (Fsp3) is 0.286. The van der Waals surface area contributed by atoms with E-state index in [1.54, 1.807) is 0 Å². The lowest BCUT2D eigenvalue weighted by molar-refractivity contribution is 0.0224. The number of benzene rings is 4. The molecule has 4 aromatic rings. The minimum absolute atomic E-state index is 0.320. The van der Waals surface area contributed by atoms with Crippen LogP contribution in [0, 0.1) is 19.8 Å². The van der Waals surface area contributed by atoms with E-state index in [2.05, 4.69) is 93.4 Å². The monoisotopic (exact) mass is 532 g/mol. The first kappa shape index (κ1) is 26.0. The molecule has 4 aromatic carbocycles. The summed E-state index contributed by atoms with van der Waals surface area (Å²) in [6, 6.07) is 26.5. The Kier molecular flexibility index (Phi) is 6.53. The molecule has 0 amide bonds. The van der Waals surface area contributed by atoms with Crippen LogP contribution in [0.5, 0.6) is 11.5 Å². The Balaban J connectivity index is 1.51. The predicted octanol–water partition coefficient (Wildman–Crippen LogP) is 8.49. The number of aryl methyl sites for hydroxylation is 2. The zero-order valence-corrected chi connectivity index (χ0v) is 23.9. The molecule has 0 saturated heterocycles. The Morgan fingerprint density at radius 3 is 2.38 bits per heavy atom. The topological polar surface area (TPSA) is 50.8 Å². The summed E-state index contributed by atoms with van der Waals surface area (Å²) in [5.74, 6) is 1.72. The van der Waals surface area contributed by atoms with Crippen LogP contribution in [-0.4, -0.2) is 19.1 Å². The van der Waals surface area contributed by atoms with Crippen LogP contribution in [-0.2, 0) is 10.3 Å². The second kappa shape index (κ2) is 10.1. The van der Waals surface area contributed by atoms with Gasteiger partial charge in [0.1, 0.15) is 11.5 Å². The number of nitrogens with one attached hydrogen (secondary N) is 1. The van der Waals surface area contributed by atoms with Crippen molar-refractivity contribution in [2.24, 2.45) is 5.92 Å². The Labute approximate surface area is 236 Å². The van der Waals surface area contributed by atoms with Crippen LogP contribution in [0.3, 0.4) is 0 Å². The summed E-state index contributed by atoms with van der Waals surface area (Å²) >= 11 is 0. The summed E-state index contributed by atoms with van der Waals surface area (Å²) < 4.78 is 13.1. The van der Waals surface area contributed by atoms with Gasteiger partial charge in [-0.3, -0.25) is 0 Å². The van der Waals surface area contributed by atoms with Crippen molar-refractivity contribution in [3.05, 3.63) is 112 Å². The van der Waals surface area contributed by atoms with Gasteiger partial charge >= 0.3 is 5.97 Å². The Bertz CT molecular complexity index is 1590. The summed E-state index contributed by atoms with van der Waals surface area (Å²) in [7, 11) is 0. The normalized spacial score (nSPS) is 16.7. The summed E-state index contributed by atoms with van der Waals surface area (Å²) in [6.07, 6.45) is 1.11. The Morgan fingerprint density at radius 1 is 0.875 bits per heavy atom.